The van der Waals surface area contributed by atoms with Gasteiger partial charge in [-0.1, -0.05) is 12.8 Å². The SMILES string of the molecule is NCC1CCCCCN1c1cc2n[nH]c(=O)n2cn1. The molecular formula is C12H18N6O. The lowest BCUT2D eigenvalue weighted by Crippen LogP contribution is -2.40. The highest BCUT2D eigenvalue weighted by Gasteiger charge is 2.21. The van der Waals surface area contributed by atoms with E-state index in [0.717, 1.165) is 25.2 Å². The zero-order chi connectivity index (χ0) is 13.2. The van der Waals surface area contributed by atoms with E-state index < -0.39 is 0 Å². The first-order valence-corrected chi connectivity index (χ1v) is 6.69. The largest absolute Gasteiger partial charge is 0.352 e. The Balaban J connectivity index is 1.98. The second kappa shape index (κ2) is 5.00. The molecule has 1 unspecified atom stereocenters. The third-order valence-corrected chi connectivity index (χ3v) is 3.74. The second-order valence-corrected chi connectivity index (χ2v) is 4.94. The van der Waals surface area contributed by atoms with Gasteiger partial charge in [-0.25, -0.2) is 19.3 Å². The molecule has 0 saturated carbocycles. The van der Waals surface area contributed by atoms with Crippen LogP contribution in [0.4, 0.5) is 5.82 Å². The van der Waals surface area contributed by atoms with Crippen molar-refractivity contribution in [3.63, 3.8) is 0 Å². The van der Waals surface area contributed by atoms with Crippen LogP contribution in [0.3, 0.4) is 0 Å². The van der Waals surface area contributed by atoms with E-state index in [1.54, 1.807) is 0 Å². The third kappa shape index (κ3) is 2.21. The van der Waals surface area contributed by atoms with Gasteiger partial charge in [0.05, 0.1) is 0 Å². The van der Waals surface area contributed by atoms with Gasteiger partial charge in [0.2, 0.25) is 0 Å². The lowest BCUT2D eigenvalue weighted by Gasteiger charge is -2.29. The van der Waals surface area contributed by atoms with Crippen LogP contribution in [0.5, 0.6) is 0 Å². The number of aromatic nitrogens is 4. The maximum absolute atomic E-state index is 11.4. The molecule has 3 heterocycles. The lowest BCUT2D eigenvalue weighted by atomic mass is 10.1. The van der Waals surface area contributed by atoms with Crippen molar-refractivity contribution in [3.8, 4) is 0 Å². The molecule has 7 heteroatoms. The minimum atomic E-state index is -0.264. The summed E-state index contributed by atoms with van der Waals surface area (Å²) < 4.78 is 1.40. The van der Waals surface area contributed by atoms with Crippen molar-refractivity contribution >= 4 is 11.5 Å². The van der Waals surface area contributed by atoms with Crippen LogP contribution < -0.4 is 16.3 Å². The van der Waals surface area contributed by atoms with Gasteiger partial charge in [0.25, 0.3) is 0 Å². The Labute approximate surface area is 110 Å². The summed E-state index contributed by atoms with van der Waals surface area (Å²) in [5.74, 6) is 0.851. The van der Waals surface area contributed by atoms with E-state index in [4.69, 9.17) is 5.73 Å². The highest BCUT2D eigenvalue weighted by atomic mass is 16.1. The Kier molecular flexibility index (Phi) is 3.20. The molecule has 1 saturated heterocycles. The zero-order valence-corrected chi connectivity index (χ0v) is 10.7. The van der Waals surface area contributed by atoms with E-state index in [0.29, 0.717) is 18.2 Å². The molecule has 2 aromatic heterocycles. The van der Waals surface area contributed by atoms with Crippen molar-refractivity contribution in [2.45, 2.75) is 31.7 Å². The van der Waals surface area contributed by atoms with Gasteiger partial charge < -0.3 is 10.6 Å². The fraction of sp³-hybridized carbons (Fsp3) is 0.583. The molecule has 7 nitrogen and oxygen atoms in total. The molecule has 1 aliphatic rings. The fourth-order valence-electron chi connectivity index (χ4n) is 2.68. The number of fused-ring (bicyclic) bond motifs is 1. The molecule has 1 aliphatic heterocycles. The van der Waals surface area contributed by atoms with E-state index in [-0.39, 0.29) is 5.69 Å². The number of rotatable bonds is 2. The van der Waals surface area contributed by atoms with Gasteiger partial charge in [0, 0.05) is 25.2 Å². The summed E-state index contributed by atoms with van der Waals surface area (Å²) in [5.41, 5.74) is 6.20. The first-order valence-electron chi connectivity index (χ1n) is 6.69. The first-order chi connectivity index (χ1) is 9.29. The smallest absolute Gasteiger partial charge is 0.348 e. The molecule has 1 atom stereocenters. The topological polar surface area (TPSA) is 92.3 Å². The number of anilines is 1. The van der Waals surface area contributed by atoms with Gasteiger partial charge in [0.15, 0.2) is 5.65 Å². The van der Waals surface area contributed by atoms with Gasteiger partial charge in [-0.3, -0.25) is 0 Å². The standard InChI is InChI=1S/C12H18N6O/c13-7-9-4-2-1-3-5-17(9)10-6-11-15-16-12(19)18(11)8-14-10/h6,8-9H,1-5,7,13H2,(H,16,19). The molecule has 2 aromatic rings. The van der Waals surface area contributed by atoms with Crippen LogP contribution in [0.1, 0.15) is 25.7 Å². The van der Waals surface area contributed by atoms with Gasteiger partial charge in [-0.2, -0.15) is 5.10 Å². The van der Waals surface area contributed by atoms with Crippen LogP contribution in [0.15, 0.2) is 17.2 Å². The molecule has 1 fully saturated rings. The van der Waals surface area contributed by atoms with Crippen molar-refractivity contribution in [1.82, 2.24) is 19.6 Å². The van der Waals surface area contributed by atoms with Crippen molar-refractivity contribution in [2.75, 3.05) is 18.0 Å². The molecule has 3 rings (SSSR count). The summed E-state index contributed by atoms with van der Waals surface area (Å²) in [6, 6.07) is 2.16. The van der Waals surface area contributed by atoms with E-state index in [2.05, 4.69) is 20.1 Å². The Morgan fingerprint density at radius 3 is 3.16 bits per heavy atom. The predicted octanol–water partition coefficient (Wildman–Crippen LogP) is 0.125. The molecule has 102 valence electrons. The van der Waals surface area contributed by atoms with Crippen LogP contribution in [-0.2, 0) is 0 Å². The molecular weight excluding hydrogens is 244 g/mol. The lowest BCUT2D eigenvalue weighted by molar-refractivity contribution is 0.575. The van der Waals surface area contributed by atoms with E-state index in [9.17, 15) is 4.79 Å². The molecule has 19 heavy (non-hydrogen) atoms. The molecule has 0 radical (unpaired) electrons. The third-order valence-electron chi connectivity index (χ3n) is 3.74. The van der Waals surface area contributed by atoms with E-state index in [1.165, 1.54) is 23.6 Å². The molecule has 0 aliphatic carbocycles. The first kappa shape index (κ1) is 12.2. The maximum atomic E-state index is 11.4. The van der Waals surface area contributed by atoms with Crippen LogP contribution in [0.2, 0.25) is 0 Å². The maximum Gasteiger partial charge on any atom is 0.348 e. The monoisotopic (exact) mass is 262 g/mol. The molecule has 3 N–H and O–H groups in total. The highest BCUT2D eigenvalue weighted by Crippen LogP contribution is 2.22. The highest BCUT2D eigenvalue weighted by molar-refractivity contribution is 5.51. The number of hydrogen-bond donors (Lipinski definition) is 2. The molecule has 0 bridgehead atoms. The number of H-pyrrole nitrogens is 1. The van der Waals surface area contributed by atoms with Crippen LogP contribution in [0, 0.1) is 0 Å². The Morgan fingerprint density at radius 2 is 2.32 bits per heavy atom. The van der Waals surface area contributed by atoms with Gasteiger partial charge in [-0.05, 0) is 12.8 Å². The summed E-state index contributed by atoms with van der Waals surface area (Å²) >= 11 is 0. The summed E-state index contributed by atoms with van der Waals surface area (Å²) in [5, 5.41) is 6.39. The van der Waals surface area contributed by atoms with Gasteiger partial charge in [-0.15, -0.1) is 0 Å². The van der Waals surface area contributed by atoms with Crippen molar-refractivity contribution in [1.29, 1.82) is 0 Å². The fourth-order valence-corrected chi connectivity index (χ4v) is 2.68. The van der Waals surface area contributed by atoms with Crippen molar-refractivity contribution in [3.05, 3.63) is 22.9 Å². The molecule has 0 amide bonds. The Morgan fingerprint density at radius 1 is 1.42 bits per heavy atom. The van der Waals surface area contributed by atoms with E-state index >= 15 is 0 Å². The minimum Gasteiger partial charge on any atom is -0.352 e. The summed E-state index contributed by atoms with van der Waals surface area (Å²) in [4.78, 5) is 18.0. The summed E-state index contributed by atoms with van der Waals surface area (Å²) in [6.45, 7) is 1.58. The summed E-state index contributed by atoms with van der Waals surface area (Å²) in [7, 11) is 0. The van der Waals surface area contributed by atoms with Crippen molar-refractivity contribution < 1.29 is 0 Å². The number of nitrogens with one attached hydrogen (secondary N) is 1. The molecule has 0 aromatic carbocycles. The molecule has 0 spiro atoms. The van der Waals surface area contributed by atoms with Gasteiger partial charge >= 0.3 is 5.69 Å². The quantitative estimate of drug-likeness (QED) is 0.802. The van der Waals surface area contributed by atoms with E-state index in [1.807, 2.05) is 6.07 Å². The Hall–Kier alpha value is -1.89. The summed E-state index contributed by atoms with van der Waals surface area (Å²) in [6.07, 6.45) is 6.21. The average Bonchev–Trinajstić information content (AvgIpc) is 2.66. The Bertz CT molecular complexity index is 618. The van der Waals surface area contributed by atoms with Gasteiger partial charge in [0.1, 0.15) is 12.1 Å². The number of nitrogens with two attached hydrogens (primary N) is 1. The number of hydrogen-bond acceptors (Lipinski definition) is 5. The van der Waals surface area contributed by atoms with Crippen LogP contribution in [-0.4, -0.2) is 38.7 Å². The normalized spacial score (nSPS) is 20.7. The number of aromatic amines is 1. The average molecular weight is 262 g/mol. The van der Waals surface area contributed by atoms with Crippen LogP contribution in [0.25, 0.3) is 5.65 Å². The van der Waals surface area contributed by atoms with Crippen molar-refractivity contribution in [2.24, 2.45) is 5.73 Å². The second-order valence-electron chi connectivity index (χ2n) is 4.94. The predicted molar refractivity (Wildman–Crippen MR) is 72.3 cm³/mol. The number of nitrogens with zero attached hydrogens (tertiary/aromatic N) is 4. The minimum absolute atomic E-state index is 0.264. The van der Waals surface area contributed by atoms with Crippen LogP contribution >= 0.6 is 0 Å². The zero-order valence-electron chi connectivity index (χ0n) is 10.7.